The van der Waals surface area contributed by atoms with Crippen LogP contribution in [0, 0.1) is 68.2 Å². The highest BCUT2D eigenvalue weighted by Crippen LogP contribution is 2.37. The van der Waals surface area contributed by atoms with Gasteiger partial charge in [-0.3, -0.25) is 30.1 Å². The van der Waals surface area contributed by atoms with Crippen molar-refractivity contribution in [2.24, 2.45) is 0 Å². The van der Waals surface area contributed by atoms with Gasteiger partial charge in [0.15, 0.2) is 0 Å². The van der Waals surface area contributed by atoms with E-state index >= 15 is 0 Å². The Bertz CT molecular complexity index is 6660. The Hall–Kier alpha value is -16.5. The largest absolute Gasteiger partial charge is 0.489 e. The molecule has 13 aromatic carbocycles. The molecule has 0 radical (unpaired) electrons. The van der Waals surface area contributed by atoms with Crippen LogP contribution >= 0.6 is 0 Å². The number of nitriles is 4. The van der Waals surface area contributed by atoms with Crippen LogP contribution in [-0.2, 0) is 32.3 Å². The maximum atomic E-state index is 13.1. The molecule has 0 aliphatic carbocycles. The Balaban J connectivity index is 0.000000131. The van der Waals surface area contributed by atoms with Crippen LogP contribution in [0.1, 0.15) is 38.9 Å². The van der Waals surface area contributed by atoms with Gasteiger partial charge in [0.1, 0.15) is 18.2 Å². The number of hydrogen-bond donors (Lipinski definition) is 4. The van der Waals surface area contributed by atoms with E-state index in [4.69, 9.17) is 25.8 Å². The van der Waals surface area contributed by atoms with Crippen molar-refractivity contribution in [3.63, 3.8) is 0 Å². The van der Waals surface area contributed by atoms with Crippen molar-refractivity contribution in [3.8, 4) is 74.5 Å². The van der Waals surface area contributed by atoms with Crippen LogP contribution in [0.15, 0.2) is 347 Å². The number of benzene rings is 13. The number of halogens is 1. The molecule has 0 unspecified atom stereocenters. The molecule has 0 amide bonds. The van der Waals surface area contributed by atoms with Crippen molar-refractivity contribution >= 4 is 101 Å². The summed E-state index contributed by atoms with van der Waals surface area (Å²) < 4.78 is 18.9. The minimum absolute atomic E-state index is 0.0598. The summed E-state index contributed by atoms with van der Waals surface area (Å²) in [4.78, 5) is 28.6. The summed E-state index contributed by atoms with van der Waals surface area (Å²) in [6.45, 7) is 6.32. The molecule has 0 saturated heterocycles. The number of rotatable bonds is 21. The van der Waals surface area contributed by atoms with Gasteiger partial charge in [0.25, 0.3) is 5.69 Å². The summed E-state index contributed by atoms with van der Waals surface area (Å²) in [5.41, 5.74) is 27.1. The quantitative estimate of drug-likeness (QED) is 0.0386. The predicted molar refractivity (Wildman–Crippen MR) is 477 cm³/mol. The summed E-state index contributed by atoms with van der Waals surface area (Å²) in [6, 6.07) is 110. The molecule has 0 spiro atoms. The summed E-state index contributed by atoms with van der Waals surface area (Å²) in [5, 5.41) is 64.3. The Kier molecular flexibility index (Phi) is 25.5. The number of nitrogens with zero attached hydrogens (tertiary/aromatic N) is 9. The van der Waals surface area contributed by atoms with Crippen LogP contribution in [0.2, 0.25) is 0 Å². The molecule has 17 rings (SSSR count). The Morgan fingerprint density at radius 1 is 0.378 bits per heavy atom. The van der Waals surface area contributed by atoms with E-state index in [1.807, 2.05) is 200 Å². The van der Waals surface area contributed by atoms with E-state index in [2.05, 4.69) is 170 Å². The van der Waals surface area contributed by atoms with Crippen LogP contribution in [0.25, 0.3) is 94.2 Å². The molecular weight excluding hydrogens is 1470 g/mol. The van der Waals surface area contributed by atoms with Crippen LogP contribution in [0.5, 0.6) is 5.75 Å². The molecule has 0 bridgehead atoms. The average Bonchev–Trinajstić information content (AvgIpc) is 0.815. The summed E-state index contributed by atoms with van der Waals surface area (Å²) >= 11 is 0. The van der Waals surface area contributed by atoms with Gasteiger partial charge in [-0.1, -0.05) is 170 Å². The number of nitrogens with one attached hydrogen (secondary N) is 4. The first-order chi connectivity index (χ1) is 58.3. The molecule has 4 N–H and O–H groups in total. The number of pyridine rings is 4. The highest BCUT2D eigenvalue weighted by molar-refractivity contribution is 5.99. The van der Waals surface area contributed by atoms with Crippen LogP contribution in [0.4, 0.5) is 55.6 Å². The van der Waals surface area contributed by atoms with Gasteiger partial charge in [0.05, 0.1) is 77.0 Å². The molecule has 0 saturated carbocycles. The van der Waals surface area contributed by atoms with Crippen LogP contribution in [-0.4, -0.2) is 24.9 Å². The second-order valence-electron chi connectivity index (χ2n) is 27.9. The first-order valence-corrected chi connectivity index (χ1v) is 38.3. The van der Waals surface area contributed by atoms with Gasteiger partial charge in [-0.25, -0.2) is 4.39 Å². The molecule has 16 nitrogen and oxygen atoms in total. The number of fused-ring (bicyclic) bond motifs is 4. The molecule has 0 fully saturated rings. The van der Waals surface area contributed by atoms with Gasteiger partial charge < -0.3 is 26.0 Å². The molecular formula is C102H76FN13O3. The normalized spacial score (nSPS) is 10.5. The highest BCUT2D eigenvalue weighted by atomic mass is 19.1. The maximum Gasteiger partial charge on any atom is 0.270 e. The minimum Gasteiger partial charge on any atom is -0.489 e. The summed E-state index contributed by atoms with van der Waals surface area (Å²) in [5.74, 6) is 0.498. The van der Waals surface area contributed by atoms with Crippen molar-refractivity contribution in [1.82, 2.24) is 19.9 Å². The Labute approximate surface area is 688 Å². The van der Waals surface area contributed by atoms with Gasteiger partial charge in [0.2, 0.25) is 0 Å². The lowest BCUT2D eigenvalue weighted by Gasteiger charge is -2.12. The van der Waals surface area contributed by atoms with Gasteiger partial charge in [-0.15, -0.1) is 0 Å². The zero-order chi connectivity index (χ0) is 82.2. The molecule has 0 atom stereocenters. The predicted octanol–water partition coefficient (Wildman–Crippen LogP) is 25.4. The van der Waals surface area contributed by atoms with Crippen LogP contribution < -0.4 is 26.0 Å². The minimum atomic E-state index is -0.394. The van der Waals surface area contributed by atoms with E-state index in [9.17, 15) is 14.5 Å². The van der Waals surface area contributed by atoms with E-state index < -0.39 is 4.92 Å². The zero-order valence-electron chi connectivity index (χ0n) is 64.8. The number of aromatic nitrogens is 4. The molecule has 17 heteroatoms. The lowest BCUT2D eigenvalue weighted by atomic mass is 9.98. The molecule has 17 aromatic rings. The third kappa shape index (κ3) is 20.5. The SMILES string of the molecule is C=Cc1ccc(-c2ccc3nccc(Nc4ccc(CC#N)cc4)c3c2)cc1.Cc1ccccc1-c1ccc2nccc(Nc3ccc(CC#N)cc3)c2c1.N#CCc1ccc(Nc2ccnc3ccc(-c4ccc(OCc5ccc(F)cc5)cc4)cc23)cc1.N#CCc1ccc(Nc2ccnc3ccc(-c4cccc([N+](=O)[O-])c4)cc23)cc1. The third-order valence-corrected chi connectivity index (χ3v) is 19.9. The maximum absolute atomic E-state index is 13.1. The second kappa shape index (κ2) is 38.4. The average molecular weight is 1550 g/mol. The Morgan fingerprint density at radius 3 is 1.08 bits per heavy atom. The topological polar surface area (TPSA) is 247 Å². The van der Waals surface area contributed by atoms with Crippen molar-refractivity contribution in [3.05, 3.63) is 402 Å². The first kappa shape index (κ1) is 79.2. The van der Waals surface area contributed by atoms with Crippen molar-refractivity contribution in [1.29, 1.82) is 21.0 Å². The lowest BCUT2D eigenvalue weighted by Crippen LogP contribution is -1.95. The summed E-state index contributed by atoms with van der Waals surface area (Å²) in [7, 11) is 0. The van der Waals surface area contributed by atoms with Gasteiger partial charge in [-0.2, -0.15) is 21.0 Å². The number of nitro benzene ring substituents is 1. The zero-order valence-corrected chi connectivity index (χ0v) is 64.8. The van der Waals surface area contributed by atoms with E-state index in [0.717, 1.165) is 162 Å². The lowest BCUT2D eigenvalue weighted by molar-refractivity contribution is -0.384. The fourth-order valence-electron chi connectivity index (χ4n) is 13.5. The van der Waals surface area contributed by atoms with Crippen molar-refractivity contribution < 1.29 is 14.1 Å². The van der Waals surface area contributed by atoms with Crippen molar-refractivity contribution in [2.75, 3.05) is 21.3 Å². The number of anilines is 8. The Morgan fingerprint density at radius 2 is 0.714 bits per heavy atom. The van der Waals surface area contributed by atoms with Crippen LogP contribution in [0.3, 0.4) is 0 Å². The second-order valence-corrected chi connectivity index (χ2v) is 27.9. The smallest absolute Gasteiger partial charge is 0.270 e. The number of nitro groups is 1. The van der Waals surface area contributed by atoms with E-state index in [0.29, 0.717) is 32.3 Å². The first-order valence-electron chi connectivity index (χ1n) is 38.3. The number of aryl methyl sites for hydroxylation is 1. The molecule has 574 valence electrons. The van der Waals surface area contributed by atoms with Gasteiger partial charge in [0, 0.05) is 104 Å². The third-order valence-electron chi connectivity index (χ3n) is 19.9. The molecule has 0 aliphatic heterocycles. The van der Waals surface area contributed by atoms with Crippen molar-refractivity contribution in [2.45, 2.75) is 39.2 Å². The highest BCUT2D eigenvalue weighted by Gasteiger charge is 2.14. The number of non-ortho nitro benzene ring substituents is 1. The number of ether oxygens (including phenoxy) is 1. The standard InChI is InChI=1S/C30H22FN3O.C25H19N3.C24H19N3.C23H16N4O2/c31-25-8-1-22(2-9-25)20-35-27-12-5-23(6-13-27)24-7-14-29-28(19-24)30(16-18-33-29)34-26-10-3-21(4-11-26)15-17-32;1-2-18-3-7-20(8-4-18)21-9-12-24-23(17-21)25(14-16-27-24)28-22-10-5-19(6-11-22)13-15-26;1-17-4-2-3-5-21(17)19-8-11-23-22(16-19)24(13-15-26-23)27-20-9-6-18(7-10-20)12-14-25;24-12-10-16-4-7-19(8-5-16)26-23-11-13-25-22-9-6-18(15-21(22)23)17-2-1-3-20(14-17)27(28)29/h1-14,16,18-19H,15,20H2,(H,33,34);2-12,14,16-17H,1,13H2,(H,27,28);2-11,13,15-16H,12H2,1H3,(H,26,27);1-9,11,13-15H,10H2,(H,25,26). The number of hydrogen-bond acceptors (Lipinski definition) is 15. The van der Waals surface area contributed by atoms with Gasteiger partial charge in [-0.05, 0) is 236 Å². The van der Waals surface area contributed by atoms with E-state index in [1.54, 1.807) is 36.7 Å². The van der Waals surface area contributed by atoms with E-state index in [1.165, 1.54) is 34.9 Å². The van der Waals surface area contributed by atoms with E-state index in [-0.39, 0.29) is 11.5 Å². The monoisotopic (exact) mass is 1550 g/mol. The molecule has 4 heterocycles. The molecule has 0 aliphatic rings. The summed E-state index contributed by atoms with van der Waals surface area (Å²) in [6.07, 6.45) is 10.6. The molecule has 4 aromatic heterocycles. The fraction of sp³-hybridized carbons (Fsp3) is 0.0588. The molecule has 119 heavy (non-hydrogen) atoms. The van der Waals surface area contributed by atoms with Gasteiger partial charge >= 0.3 is 0 Å². The fourth-order valence-corrected chi connectivity index (χ4v) is 13.5.